The summed E-state index contributed by atoms with van der Waals surface area (Å²) < 4.78 is 29.0. The summed E-state index contributed by atoms with van der Waals surface area (Å²) in [7, 11) is -3.22. The molecule has 23 heavy (non-hydrogen) atoms. The van der Waals surface area contributed by atoms with E-state index in [0.29, 0.717) is 24.7 Å². The lowest BCUT2D eigenvalue weighted by Gasteiger charge is -2.42. The number of ether oxygens (including phenoxy) is 1. The van der Waals surface area contributed by atoms with Crippen molar-refractivity contribution in [3.05, 3.63) is 16.5 Å². The van der Waals surface area contributed by atoms with Gasteiger partial charge in [0.15, 0.2) is 9.84 Å². The van der Waals surface area contributed by atoms with Gasteiger partial charge in [0.2, 0.25) is 0 Å². The SMILES string of the molecule is CCc1c(Cl)nc(CS(C)(=O)=O)nc1N1CC(C)OC(C)(C)C1. The highest BCUT2D eigenvalue weighted by atomic mass is 35.5. The van der Waals surface area contributed by atoms with Gasteiger partial charge in [0, 0.05) is 24.9 Å². The van der Waals surface area contributed by atoms with E-state index in [1.54, 1.807) is 0 Å². The Hall–Kier alpha value is -0.920. The predicted octanol–water partition coefficient (Wildman–Crippen LogP) is 2.24. The van der Waals surface area contributed by atoms with Crippen LogP contribution in [0.2, 0.25) is 5.15 Å². The fourth-order valence-electron chi connectivity index (χ4n) is 2.97. The number of rotatable bonds is 4. The lowest BCUT2D eigenvalue weighted by molar-refractivity contribution is -0.0752. The Morgan fingerprint density at radius 1 is 1.39 bits per heavy atom. The Morgan fingerprint density at radius 3 is 2.57 bits per heavy atom. The molecule has 0 radical (unpaired) electrons. The fourth-order valence-corrected chi connectivity index (χ4v) is 3.88. The molecule has 1 aliphatic heterocycles. The summed E-state index contributed by atoms with van der Waals surface area (Å²) in [6.45, 7) is 9.40. The number of anilines is 1. The lowest BCUT2D eigenvalue weighted by Crippen LogP contribution is -2.52. The summed E-state index contributed by atoms with van der Waals surface area (Å²) in [6, 6.07) is 0. The summed E-state index contributed by atoms with van der Waals surface area (Å²) in [6.07, 6.45) is 1.90. The molecule has 1 unspecified atom stereocenters. The van der Waals surface area contributed by atoms with Crippen molar-refractivity contribution in [3.63, 3.8) is 0 Å². The van der Waals surface area contributed by atoms with Crippen LogP contribution in [0.25, 0.3) is 0 Å². The molecule has 1 saturated heterocycles. The van der Waals surface area contributed by atoms with Crippen molar-refractivity contribution in [2.45, 2.75) is 51.6 Å². The summed E-state index contributed by atoms with van der Waals surface area (Å²) in [4.78, 5) is 10.8. The first kappa shape index (κ1) is 18.4. The number of aromatic nitrogens is 2. The second-order valence-electron chi connectivity index (χ2n) is 6.73. The predicted molar refractivity (Wildman–Crippen MR) is 91.8 cm³/mol. The molecule has 1 aromatic heterocycles. The van der Waals surface area contributed by atoms with E-state index in [2.05, 4.69) is 14.9 Å². The molecule has 1 aliphatic rings. The van der Waals surface area contributed by atoms with Crippen molar-refractivity contribution < 1.29 is 13.2 Å². The second kappa shape index (κ2) is 6.53. The third-order valence-corrected chi connectivity index (χ3v) is 4.69. The normalized spacial score (nSPS) is 21.5. The average Bonchev–Trinajstić information content (AvgIpc) is 2.33. The van der Waals surface area contributed by atoms with E-state index in [0.717, 1.165) is 17.6 Å². The minimum absolute atomic E-state index is 0.0514. The van der Waals surface area contributed by atoms with E-state index >= 15 is 0 Å². The average molecular weight is 362 g/mol. The Balaban J connectivity index is 2.46. The number of nitrogens with zero attached hydrogens (tertiary/aromatic N) is 3. The van der Waals surface area contributed by atoms with E-state index in [4.69, 9.17) is 16.3 Å². The zero-order chi connectivity index (χ0) is 17.4. The highest BCUT2D eigenvalue weighted by Gasteiger charge is 2.33. The zero-order valence-electron chi connectivity index (χ0n) is 14.3. The first-order valence-electron chi connectivity index (χ1n) is 7.66. The van der Waals surface area contributed by atoms with Crippen LogP contribution in [0.5, 0.6) is 0 Å². The Kier molecular flexibility index (Phi) is 5.23. The largest absolute Gasteiger partial charge is 0.369 e. The molecule has 6 nitrogen and oxygen atoms in total. The molecule has 0 aromatic carbocycles. The van der Waals surface area contributed by atoms with Crippen LogP contribution < -0.4 is 4.90 Å². The molecule has 0 N–H and O–H groups in total. The van der Waals surface area contributed by atoms with Crippen molar-refractivity contribution in [1.82, 2.24) is 9.97 Å². The monoisotopic (exact) mass is 361 g/mol. The molecule has 0 amide bonds. The van der Waals surface area contributed by atoms with Crippen LogP contribution in [-0.2, 0) is 26.7 Å². The molecular formula is C15H24ClN3O3S. The van der Waals surface area contributed by atoms with Gasteiger partial charge >= 0.3 is 0 Å². The number of halogens is 1. The summed E-state index contributed by atoms with van der Waals surface area (Å²) in [5.41, 5.74) is 0.533. The Morgan fingerprint density at radius 2 is 2.04 bits per heavy atom. The summed E-state index contributed by atoms with van der Waals surface area (Å²) in [5.74, 6) is 0.739. The van der Waals surface area contributed by atoms with Crippen molar-refractivity contribution >= 4 is 27.3 Å². The molecular weight excluding hydrogens is 338 g/mol. The van der Waals surface area contributed by atoms with Crippen LogP contribution in [-0.4, -0.2) is 49.4 Å². The first-order valence-corrected chi connectivity index (χ1v) is 10.1. The van der Waals surface area contributed by atoms with E-state index in [1.807, 2.05) is 27.7 Å². The standard InChI is InChI=1S/C15H24ClN3O3S/c1-6-11-13(16)17-12(8-23(5,20)21)18-14(11)19-7-10(2)22-15(3,4)9-19/h10H,6-9H2,1-5H3. The molecule has 2 rings (SSSR count). The summed E-state index contributed by atoms with van der Waals surface area (Å²) in [5, 5.41) is 0.327. The van der Waals surface area contributed by atoms with Crippen LogP contribution in [0.4, 0.5) is 5.82 Å². The van der Waals surface area contributed by atoms with Gasteiger partial charge in [-0.2, -0.15) is 0 Å². The van der Waals surface area contributed by atoms with Crippen LogP contribution in [0, 0.1) is 0 Å². The van der Waals surface area contributed by atoms with Gasteiger partial charge < -0.3 is 9.64 Å². The third kappa shape index (κ3) is 4.78. The highest BCUT2D eigenvalue weighted by molar-refractivity contribution is 7.89. The van der Waals surface area contributed by atoms with Gasteiger partial charge in [0.1, 0.15) is 22.5 Å². The van der Waals surface area contributed by atoms with Crippen LogP contribution >= 0.6 is 11.6 Å². The molecule has 1 fully saturated rings. The van der Waals surface area contributed by atoms with Gasteiger partial charge in [-0.3, -0.25) is 0 Å². The minimum Gasteiger partial charge on any atom is -0.369 e. The van der Waals surface area contributed by atoms with Gasteiger partial charge in [0.05, 0.1) is 11.7 Å². The maximum absolute atomic E-state index is 11.6. The second-order valence-corrected chi connectivity index (χ2v) is 9.22. The van der Waals surface area contributed by atoms with E-state index in [1.165, 1.54) is 0 Å². The quantitative estimate of drug-likeness (QED) is 0.766. The molecule has 0 aliphatic carbocycles. The molecule has 0 spiro atoms. The van der Waals surface area contributed by atoms with Gasteiger partial charge in [-0.25, -0.2) is 18.4 Å². The maximum Gasteiger partial charge on any atom is 0.154 e. The number of hydrogen-bond donors (Lipinski definition) is 0. The molecule has 130 valence electrons. The van der Waals surface area contributed by atoms with Crippen molar-refractivity contribution in [3.8, 4) is 0 Å². The molecule has 0 bridgehead atoms. The van der Waals surface area contributed by atoms with E-state index in [9.17, 15) is 8.42 Å². The third-order valence-electron chi connectivity index (χ3n) is 3.59. The highest BCUT2D eigenvalue weighted by Crippen LogP contribution is 2.30. The van der Waals surface area contributed by atoms with Crippen molar-refractivity contribution in [2.75, 3.05) is 24.2 Å². The van der Waals surface area contributed by atoms with Crippen LogP contribution in [0.3, 0.4) is 0 Å². The molecule has 8 heteroatoms. The smallest absolute Gasteiger partial charge is 0.154 e. The van der Waals surface area contributed by atoms with Gasteiger partial charge in [-0.15, -0.1) is 0 Å². The lowest BCUT2D eigenvalue weighted by atomic mass is 10.0. The fraction of sp³-hybridized carbons (Fsp3) is 0.733. The van der Waals surface area contributed by atoms with Crippen molar-refractivity contribution in [1.29, 1.82) is 0 Å². The zero-order valence-corrected chi connectivity index (χ0v) is 15.8. The molecule has 2 heterocycles. The van der Waals surface area contributed by atoms with Gasteiger partial charge in [0.25, 0.3) is 0 Å². The molecule has 0 saturated carbocycles. The van der Waals surface area contributed by atoms with Crippen LogP contribution in [0.15, 0.2) is 0 Å². The topological polar surface area (TPSA) is 72.4 Å². The van der Waals surface area contributed by atoms with Gasteiger partial charge in [-0.1, -0.05) is 18.5 Å². The number of sulfone groups is 1. The maximum atomic E-state index is 11.6. The van der Waals surface area contributed by atoms with Crippen molar-refractivity contribution in [2.24, 2.45) is 0 Å². The van der Waals surface area contributed by atoms with E-state index in [-0.39, 0.29) is 23.3 Å². The van der Waals surface area contributed by atoms with Crippen LogP contribution in [0.1, 0.15) is 39.1 Å². The first-order chi connectivity index (χ1) is 10.5. The molecule has 1 aromatic rings. The number of morpholine rings is 1. The van der Waals surface area contributed by atoms with E-state index < -0.39 is 9.84 Å². The summed E-state index contributed by atoms with van der Waals surface area (Å²) >= 11 is 6.29. The Labute approximate surface area is 143 Å². The number of hydrogen-bond acceptors (Lipinski definition) is 6. The van der Waals surface area contributed by atoms with Gasteiger partial charge in [-0.05, 0) is 27.2 Å². The Bertz CT molecular complexity index is 691. The minimum atomic E-state index is -3.22. The molecule has 1 atom stereocenters.